The van der Waals surface area contributed by atoms with E-state index in [1.807, 2.05) is 24.3 Å². The molecule has 5 heteroatoms. The minimum atomic E-state index is -0.221. The second kappa shape index (κ2) is 9.10. The zero-order chi connectivity index (χ0) is 19.1. The Hall–Kier alpha value is -2.98. The number of nitrogens with one attached hydrogen (secondary N) is 1. The summed E-state index contributed by atoms with van der Waals surface area (Å²) in [4.78, 5) is 12.0. The summed E-state index contributed by atoms with van der Waals surface area (Å²) in [7, 11) is 0. The van der Waals surface area contributed by atoms with Gasteiger partial charge in [-0.25, -0.2) is 0 Å². The standard InChI is InChI=1S/C22H20ClNO3/c1-2-16-3-9-19(10-4-16)26-15-22(25)24-18-7-13-21(14-8-18)27-20-11-5-17(23)6-12-20/h3-14H,2,15H2,1H3,(H,24,25). The Morgan fingerprint density at radius 2 is 1.41 bits per heavy atom. The Kier molecular flexibility index (Phi) is 6.34. The quantitative estimate of drug-likeness (QED) is 0.570. The van der Waals surface area contributed by atoms with E-state index >= 15 is 0 Å². The molecule has 3 aromatic carbocycles. The molecule has 1 N–H and O–H groups in total. The Labute approximate surface area is 163 Å². The summed E-state index contributed by atoms with van der Waals surface area (Å²) >= 11 is 5.86. The molecule has 0 atom stereocenters. The van der Waals surface area contributed by atoms with Crippen LogP contribution in [0, 0.1) is 0 Å². The van der Waals surface area contributed by atoms with Gasteiger partial charge in [0, 0.05) is 10.7 Å². The van der Waals surface area contributed by atoms with Gasteiger partial charge >= 0.3 is 0 Å². The molecule has 0 fully saturated rings. The number of anilines is 1. The van der Waals surface area contributed by atoms with E-state index in [2.05, 4.69) is 12.2 Å². The Balaban J connectivity index is 1.49. The van der Waals surface area contributed by atoms with Crippen molar-refractivity contribution < 1.29 is 14.3 Å². The minimum absolute atomic E-state index is 0.0471. The van der Waals surface area contributed by atoms with Crippen molar-refractivity contribution in [1.29, 1.82) is 0 Å². The van der Waals surface area contributed by atoms with Crippen molar-refractivity contribution >= 4 is 23.2 Å². The molecule has 0 aromatic heterocycles. The number of carbonyl (C=O) groups excluding carboxylic acids is 1. The summed E-state index contributed by atoms with van der Waals surface area (Å²) < 4.78 is 11.2. The van der Waals surface area contributed by atoms with Crippen LogP contribution < -0.4 is 14.8 Å². The van der Waals surface area contributed by atoms with E-state index in [1.54, 1.807) is 48.5 Å². The molecule has 3 rings (SSSR count). The maximum atomic E-state index is 12.0. The summed E-state index contributed by atoms with van der Waals surface area (Å²) in [5, 5.41) is 3.45. The van der Waals surface area contributed by atoms with Crippen LogP contribution in [0.2, 0.25) is 5.02 Å². The molecule has 0 heterocycles. The van der Waals surface area contributed by atoms with E-state index < -0.39 is 0 Å². The first-order valence-corrected chi connectivity index (χ1v) is 9.05. The van der Waals surface area contributed by atoms with Crippen molar-refractivity contribution in [3.05, 3.63) is 83.4 Å². The lowest BCUT2D eigenvalue weighted by Gasteiger charge is -2.09. The summed E-state index contributed by atoms with van der Waals surface area (Å²) in [6.07, 6.45) is 0.971. The largest absolute Gasteiger partial charge is 0.484 e. The van der Waals surface area contributed by atoms with Crippen LogP contribution in [0.5, 0.6) is 17.2 Å². The Bertz CT molecular complexity index is 875. The second-order valence-corrected chi connectivity index (χ2v) is 6.35. The average Bonchev–Trinajstić information content (AvgIpc) is 2.70. The SMILES string of the molecule is CCc1ccc(OCC(=O)Nc2ccc(Oc3ccc(Cl)cc3)cc2)cc1. The number of carbonyl (C=O) groups is 1. The first-order valence-electron chi connectivity index (χ1n) is 8.67. The molecule has 1 amide bonds. The molecule has 3 aromatic rings. The molecule has 0 radical (unpaired) electrons. The van der Waals surface area contributed by atoms with Gasteiger partial charge in [0.1, 0.15) is 17.2 Å². The molecule has 0 aliphatic rings. The number of benzene rings is 3. The minimum Gasteiger partial charge on any atom is -0.484 e. The third-order valence-corrected chi connectivity index (χ3v) is 4.14. The van der Waals surface area contributed by atoms with Gasteiger partial charge in [-0.1, -0.05) is 30.7 Å². The molecular weight excluding hydrogens is 362 g/mol. The zero-order valence-corrected chi connectivity index (χ0v) is 15.7. The van der Waals surface area contributed by atoms with Crippen LogP contribution >= 0.6 is 11.6 Å². The van der Waals surface area contributed by atoms with Crippen LogP contribution in [0.15, 0.2) is 72.8 Å². The molecule has 0 saturated carbocycles. The van der Waals surface area contributed by atoms with Gasteiger partial charge in [-0.3, -0.25) is 4.79 Å². The monoisotopic (exact) mass is 381 g/mol. The van der Waals surface area contributed by atoms with Crippen molar-refractivity contribution in [2.75, 3.05) is 11.9 Å². The smallest absolute Gasteiger partial charge is 0.262 e. The van der Waals surface area contributed by atoms with Crippen LogP contribution in [0.25, 0.3) is 0 Å². The van der Waals surface area contributed by atoms with Crippen molar-refractivity contribution in [3.63, 3.8) is 0 Å². The van der Waals surface area contributed by atoms with E-state index in [1.165, 1.54) is 5.56 Å². The predicted octanol–water partition coefficient (Wildman–Crippen LogP) is 5.71. The van der Waals surface area contributed by atoms with E-state index in [9.17, 15) is 4.79 Å². The third-order valence-electron chi connectivity index (χ3n) is 3.89. The molecule has 0 aliphatic carbocycles. The van der Waals surface area contributed by atoms with Gasteiger partial charge in [-0.2, -0.15) is 0 Å². The average molecular weight is 382 g/mol. The first-order chi connectivity index (χ1) is 13.1. The van der Waals surface area contributed by atoms with E-state index in [0.29, 0.717) is 28.0 Å². The number of hydrogen-bond acceptors (Lipinski definition) is 3. The molecule has 138 valence electrons. The lowest BCUT2D eigenvalue weighted by molar-refractivity contribution is -0.118. The van der Waals surface area contributed by atoms with Crippen LogP contribution in [0.4, 0.5) is 5.69 Å². The van der Waals surface area contributed by atoms with Gasteiger partial charge in [0.2, 0.25) is 0 Å². The molecular formula is C22H20ClNO3. The van der Waals surface area contributed by atoms with Crippen LogP contribution in [-0.4, -0.2) is 12.5 Å². The molecule has 0 spiro atoms. The number of aryl methyl sites for hydroxylation is 1. The van der Waals surface area contributed by atoms with E-state index in [-0.39, 0.29) is 12.5 Å². The number of halogens is 1. The fourth-order valence-electron chi connectivity index (χ4n) is 2.41. The van der Waals surface area contributed by atoms with Crippen molar-refractivity contribution in [3.8, 4) is 17.2 Å². The fourth-order valence-corrected chi connectivity index (χ4v) is 2.54. The molecule has 4 nitrogen and oxygen atoms in total. The second-order valence-electron chi connectivity index (χ2n) is 5.91. The molecule has 0 aliphatic heterocycles. The van der Waals surface area contributed by atoms with Crippen LogP contribution in [0.3, 0.4) is 0 Å². The summed E-state index contributed by atoms with van der Waals surface area (Å²) in [6, 6.07) is 22.0. The predicted molar refractivity (Wildman–Crippen MR) is 108 cm³/mol. The normalized spacial score (nSPS) is 10.3. The topological polar surface area (TPSA) is 47.6 Å². The first kappa shape index (κ1) is 18.8. The molecule has 0 saturated heterocycles. The van der Waals surface area contributed by atoms with Gasteiger partial charge in [0.15, 0.2) is 6.61 Å². The number of ether oxygens (including phenoxy) is 2. The highest BCUT2D eigenvalue weighted by molar-refractivity contribution is 6.30. The van der Waals surface area contributed by atoms with Gasteiger partial charge < -0.3 is 14.8 Å². The molecule has 0 unspecified atom stereocenters. The third kappa shape index (κ3) is 5.76. The maximum Gasteiger partial charge on any atom is 0.262 e. The zero-order valence-electron chi connectivity index (χ0n) is 14.9. The van der Waals surface area contributed by atoms with E-state index in [0.717, 1.165) is 6.42 Å². The highest BCUT2D eigenvalue weighted by atomic mass is 35.5. The molecule has 0 bridgehead atoms. The van der Waals surface area contributed by atoms with Gasteiger partial charge in [0.05, 0.1) is 0 Å². The highest BCUT2D eigenvalue weighted by Crippen LogP contribution is 2.24. The number of rotatable bonds is 7. The molecule has 27 heavy (non-hydrogen) atoms. The Morgan fingerprint density at radius 3 is 2.00 bits per heavy atom. The van der Waals surface area contributed by atoms with Gasteiger partial charge in [-0.05, 0) is 72.6 Å². The van der Waals surface area contributed by atoms with Gasteiger partial charge in [0.25, 0.3) is 5.91 Å². The van der Waals surface area contributed by atoms with Crippen molar-refractivity contribution in [2.24, 2.45) is 0 Å². The van der Waals surface area contributed by atoms with E-state index in [4.69, 9.17) is 21.1 Å². The summed E-state index contributed by atoms with van der Waals surface area (Å²) in [5.41, 5.74) is 1.90. The van der Waals surface area contributed by atoms with Crippen molar-refractivity contribution in [2.45, 2.75) is 13.3 Å². The maximum absolute atomic E-state index is 12.0. The summed E-state index contributed by atoms with van der Waals surface area (Å²) in [6.45, 7) is 2.05. The lowest BCUT2D eigenvalue weighted by atomic mass is 10.2. The highest BCUT2D eigenvalue weighted by Gasteiger charge is 2.05. The number of hydrogen-bond donors (Lipinski definition) is 1. The van der Waals surface area contributed by atoms with Crippen LogP contribution in [-0.2, 0) is 11.2 Å². The van der Waals surface area contributed by atoms with Gasteiger partial charge in [-0.15, -0.1) is 0 Å². The fraction of sp³-hybridized carbons (Fsp3) is 0.136. The lowest BCUT2D eigenvalue weighted by Crippen LogP contribution is -2.20. The number of amides is 1. The Morgan fingerprint density at radius 1 is 0.852 bits per heavy atom. The van der Waals surface area contributed by atoms with Crippen molar-refractivity contribution in [1.82, 2.24) is 0 Å². The summed E-state index contributed by atoms with van der Waals surface area (Å²) in [5.74, 6) is 1.82. The van der Waals surface area contributed by atoms with Crippen LogP contribution in [0.1, 0.15) is 12.5 Å².